The number of amides is 1. The zero-order valence-corrected chi connectivity index (χ0v) is 12.7. The summed E-state index contributed by atoms with van der Waals surface area (Å²) in [4.78, 5) is 16.2. The fourth-order valence-corrected chi connectivity index (χ4v) is 1.79. The number of unbranched alkanes of at least 4 members (excludes halogenated alkanes) is 3. The molecule has 0 unspecified atom stereocenters. The molecule has 5 heteroatoms. The first-order valence-corrected chi connectivity index (χ1v) is 7.42. The Hall–Kier alpha value is -1.91. The Morgan fingerprint density at radius 1 is 1.24 bits per heavy atom. The van der Waals surface area contributed by atoms with Crippen molar-refractivity contribution in [3.63, 3.8) is 0 Å². The van der Waals surface area contributed by atoms with Gasteiger partial charge in [0.1, 0.15) is 5.82 Å². The van der Waals surface area contributed by atoms with Gasteiger partial charge in [0.25, 0.3) is 11.9 Å². The van der Waals surface area contributed by atoms with Gasteiger partial charge in [-0.15, -0.1) is 0 Å². The summed E-state index contributed by atoms with van der Waals surface area (Å²) in [6.07, 6.45) is 4.37. The first kappa shape index (κ1) is 17.1. The van der Waals surface area contributed by atoms with E-state index >= 15 is 0 Å². The third-order valence-corrected chi connectivity index (χ3v) is 2.89. The zero-order chi connectivity index (χ0) is 15.5. The molecule has 4 nitrogen and oxygen atoms in total. The van der Waals surface area contributed by atoms with Crippen LogP contribution < -0.4 is 5.32 Å². The summed E-state index contributed by atoms with van der Waals surface area (Å²) in [5.74, 6) is -1.11. The summed E-state index contributed by atoms with van der Waals surface area (Å²) >= 11 is 0. The van der Waals surface area contributed by atoms with Gasteiger partial charge in [-0.3, -0.25) is 10.1 Å². The molecule has 0 aliphatic heterocycles. The number of halogens is 1. The predicted octanol–water partition coefficient (Wildman–Crippen LogP) is 3.53. The monoisotopic (exact) mass is 294 g/mol. The summed E-state index contributed by atoms with van der Waals surface area (Å²) in [5.41, 5.74) is -0.0177. The lowest BCUT2D eigenvalue weighted by atomic mass is 10.2. The molecule has 0 atom stereocenters. The Morgan fingerprint density at radius 3 is 2.67 bits per heavy atom. The molecule has 21 heavy (non-hydrogen) atoms. The van der Waals surface area contributed by atoms with Crippen molar-refractivity contribution < 1.29 is 13.9 Å². The highest BCUT2D eigenvalue weighted by atomic mass is 19.1. The predicted molar refractivity (Wildman–Crippen MR) is 81.9 cm³/mol. The average Bonchev–Trinajstić information content (AvgIpc) is 2.47. The first-order valence-electron chi connectivity index (χ1n) is 7.42. The van der Waals surface area contributed by atoms with Crippen LogP contribution in [0.3, 0.4) is 0 Å². The van der Waals surface area contributed by atoms with E-state index < -0.39 is 11.7 Å². The van der Waals surface area contributed by atoms with Gasteiger partial charge >= 0.3 is 0 Å². The maximum atomic E-state index is 13.5. The Kier molecular flexibility index (Phi) is 8.09. The molecule has 0 saturated carbocycles. The van der Waals surface area contributed by atoms with Gasteiger partial charge in [0, 0.05) is 6.54 Å². The second kappa shape index (κ2) is 9.91. The lowest BCUT2D eigenvalue weighted by molar-refractivity contribution is 0.0962. The minimum absolute atomic E-state index is 0.0177. The van der Waals surface area contributed by atoms with Crippen molar-refractivity contribution in [1.82, 2.24) is 5.32 Å². The molecule has 1 rings (SSSR count). The Bertz CT molecular complexity index is 475. The number of carbonyl (C=O) groups excluding carboxylic acids is 1. The van der Waals surface area contributed by atoms with E-state index in [0.717, 1.165) is 19.3 Å². The summed E-state index contributed by atoms with van der Waals surface area (Å²) in [6.45, 7) is 4.93. The average molecular weight is 294 g/mol. The number of nitrogens with zero attached hydrogens (tertiary/aromatic N) is 1. The maximum Gasteiger partial charge on any atom is 0.291 e. The molecule has 0 aliphatic carbocycles. The summed E-state index contributed by atoms with van der Waals surface area (Å²) < 4.78 is 18.8. The van der Waals surface area contributed by atoms with Crippen LogP contribution in [0.15, 0.2) is 29.3 Å². The van der Waals surface area contributed by atoms with Gasteiger partial charge in [-0.2, -0.15) is 0 Å². The van der Waals surface area contributed by atoms with E-state index in [1.807, 2.05) is 6.92 Å². The van der Waals surface area contributed by atoms with Crippen LogP contribution in [0.4, 0.5) is 4.39 Å². The Labute approximate surface area is 125 Å². The molecule has 0 heterocycles. The lowest BCUT2D eigenvalue weighted by Crippen LogP contribution is -2.33. The second-order valence-electron chi connectivity index (χ2n) is 4.61. The molecule has 1 N–H and O–H groups in total. The Balaban J connectivity index is 2.59. The summed E-state index contributed by atoms with van der Waals surface area (Å²) in [5, 5.41) is 2.51. The highest BCUT2D eigenvalue weighted by Crippen LogP contribution is 2.06. The molecule has 0 radical (unpaired) electrons. The number of amidine groups is 1. The van der Waals surface area contributed by atoms with E-state index in [4.69, 9.17) is 4.74 Å². The SMILES string of the molecule is CCCCCCN=C(NC(=O)c1ccccc1F)OCC. The summed E-state index contributed by atoms with van der Waals surface area (Å²) in [7, 11) is 0. The number of rotatable bonds is 7. The fraction of sp³-hybridized carbons (Fsp3) is 0.500. The molecule has 116 valence electrons. The van der Waals surface area contributed by atoms with Crippen LogP contribution in [0.1, 0.15) is 49.9 Å². The van der Waals surface area contributed by atoms with Crippen LogP contribution >= 0.6 is 0 Å². The standard InChI is InChI=1S/C16H23FN2O2/c1-3-5-6-9-12-18-16(21-4-2)19-15(20)13-10-7-8-11-14(13)17/h7-8,10-11H,3-6,9,12H2,1-2H3,(H,18,19,20). The van der Waals surface area contributed by atoms with Crippen molar-refractivity contribution in [3.8, 4) is 0 Å². The van der Waals surface area contributed by atoms with Crippen molar-refractivity contribution in [3.05, 3.63) is 35.6 Å². The topological polar surface area (TPSA) is 50.7 Å². The molecular weight excluding hydrogens is 271 g/mol. The molecule has 0 saturated heterocycles. The molecule has 0 aliphatic rings. The molecular formula is C16H23FN2O2. The van der Waals surface area contributed by atoms with Crippen molar-refractivity contribution >= 4 is 11.9 Å². The van der Waals surface area contributed by atoms with Crippen LogP contribution in [0.2, 0.25) is 0 Å². The van der Waals surface area contributed by atoms with Crippen LogP contribution in [0.5, 0.6) is 0 Å². The smallest absolute Gasteiger partial charge is 0.291 e. The van der Waals surface area contributed by atoms with E-state index in [2.05, 4.69) is 17.2 Å². The quantitative estimate of drug-likeness (QED) is 0.475. The minimum Gasteiger partial charge on any atom is -0.465 e. The number of hydrogen-bond acceptors (Lipinski definition) is 3. The van der Waals surface area contributed by atoms with E-state index in [9.17, 15) is 9.18 Å². The Morgan fingerprint density at radius 2 is 2.00 bits per heavy atom. The molecule has 0 spiro atoms. The van der Waals surface area contributed by atoms with Gasteiger partial charge in [0.15, 0.2) is 0 Å². The number of benzene rings is 1. The molecule has 0 bridgehead atoms. The minimum atomic E-state index is -0.561. The summed E-state index contributed by atoms with van der Waals surface area (Å²) in [6, 6.07) is 5.98. The van der Waals surface area contributed by atoms with Gasteiger partial charge in [-0.25, -0.2) is 9.38 Å². The molecule has 1 aromatic rings. The molecule has 1 aromatic carbocycles. The van der Waals surface area contributed by atoms with E-state index in [0.29, 0.717) is 13.2 Å². The van der Waals surface area contributed by atoms with Crippen molar-refractivity contribution in [1.29, 1.82) is 0 Å². The van der Waals surface area contributed by atoms with Gasteiger partial charge in [0.2, 0.25) is 0 Å². The van der Waals surface area contributed by atoms with Gasteiger partial charge in [-0.05, 0) is 25.5 Å². The molecule has 0 fully saturated rings. The fourth-order valence-electron chi connectivity index (χ4n) is 1.79. The highest BCUT2D eigenvalue weighted by molar-refractivity contribution is 6.04. The normalized spacial score (nSPS) is 11.3. The van der Waals surface area contributed by atoms with Gasteiger partial charge in [-0.1, -0.05) is 38.3 Å². The number of carbonyl (C=O) groups is 1. The third kappa shape index (κ3) is 6.38. The van der Waals surface area contributed by atoms with E-state index in [-0.39, 0.29) is 11.6 Å². The zero-order valence-electron chi connectivity index (χ0n) is 12.7. The van der Waals surface area contributed by atoms with Crippen LogP contribution in [0.25, 0.3) is 0 Å². The number of aliphatic imine (C=N–C) groups is 1. The van der Waals surface area contributed by atoms with Crippen molar-refractivity contribution in [2.75, 3.05) is 13.2 Å². The van der Waals surface area contributed by atoms with Gasteiger partial charge in [0.05, 0.1) is 12.2 Å². The van der Waals surface area contributed by atoms with E-state index in [1.54, 1.807) is 6.07 Å². The van der Waals surface area contributed by atoms with Crippen molar-refractivity contribution in [2.24, 2.45) is 4.99 Å². The van der Waals surface area contributed by atoms with Crippen LogP contribution in [0, 0.1) is 5.82 Å². The largest absolute Gasteiger partial charge is 0.465 e. The number of nitrogens with one attached hydrogen (secondary N) is 1. The number of hydrogen-bond donors (Lipinski definition) is 1. The van der Waals surface area contributed by atoms with Crippen LogP contribution in [-0.2, 0) is 4.74 Å². The van der Waals surface area contributed by atoms with Crippen LogP contribution in [-0.4, -0.2) is 25.1 Å². The number of ether oxygens (including phenoxy) is 1. The van der Waals surface area contributed by atoms with Gasteiger partial charge < -0.3 is 4.74 Å². The van der Waals surface area contributed by atoms with Crippen molar-refractivity contribution in [2.45, 2.75) is 39.5 Å². The maximum absolute atomic E-state index is 13.5. The first-order chi connectivity index (χ1) is 10.2. The van der Waals surface area contributed by atoms with E-state index in [1.165, 1.54) is 24.6 Å². The highest BCUT2D eigenvalue weighted by Gasteiger charge is 2.13. The third-order valence-electron chi connectivity index (χ3n) is 2.89. The molecule has 1 amide bonds. The lowest BCUT2D eigenvalue weighted by Gasteiger charge is -2.09. The second-order valence-corrected chi connectivity index (χ2v) is 4.61. The molecule has 0 aromatic heterocycles.